The van der Waals surface area contributed by atoms with Crippen LogP contribution in [0.4, 0.5) is 5.69 Å². The van der Waals surface area contributed by atoms with E-state index < -0.39 is 0 Å². The summed E-state index contributed by atoms with van der Waals surface area (Å²) >= 11 is 0. The van der Waals surface area contributed by atoms with Gasteiger partial charge in [0.15, 0.2) is 0 Å². The fraction of sp³-hybridized carbons (Fsp3) is 0.0625. The first-order valence-electron chi connectivity index (χ1n) is 6.06. The van der Waals surface area contributed by atoms with E-state index in [1.54, 1.807) is 36.4 Å². The van der Waals surface area contributed by atoms with Crippen LogP contribution in [0.25, 0.3) is 0 Å². The quantitative estimate of drug-likeness (QED) is 0.835. The highest BCUT2D eigenvalue weighted by Gasteiger charge is 2.07. The van der Waals surface area contributed by atoms with Crippen molar-refractivity contribution < 1.29 is 4.79 Å². The van der Waals surface area contributed by atoms with Gasteiger partial charge in [-0.05, 0) is 48.4 Å². The SMILES string of the molecule is Cc1cc(NC(=O)c2cccc(C#N)c2)ccc1C=N. The smallest absolute Gasteiger partial charge is 0.255 e. The molecule has 0 spiro atoms. The van der Waals surface area contributed by atoms with Crippen LogP contribution in [0.15, 0.2) is 42.5 Å². The third-order valence-electron chi connectivity index (χ3n) is 2.94. The summed E-state index contributed by atoms with van der Waals surface area (Å²) in [6.07, 6.45) is 1.28. The summed E-state index contributed by atoms with van der Waals surface area (Å²) < 4.78 is 0. The van der Waals surface area contributed by atoms with Gasteiger partial charge in [-0.15, -0.1) is 0 Å². The van der Waals surface area contributed by atoms with E-state index in [1.807, 2.05) is 19.1 Å². The second kappa shape index (κ2) is 5.81. The minimum absolute atomic E-state index is 0.260. The first-order chi connectivity index (χ1) is 9.63. The van der Waals surface area contributed by atoms with Crippen molar-refractivity contribution in [3.8, 4) is 6.07 Å². The van der Waals surface area contributed by atoms with E-state index >= 15 is 0 Å². The Morgan fingerprint density at radius 1 is 1.30 bits per heavy atom. The molecular formula is C16H13N3O. The molecule has 2 N–H and O–H groups in total. The van der Waals surface area contributed by atoms with Crippen molar-refractivity contribution in [2.75, 3.05) is 5.32 Å². The largest absolute Gasteiger partial charge is 0.322 e. The van der Waals surface area contributed by atoms with E-state index in [-0.39, 0.29) is 5.91 Å². The third-order valence-corrected chi connectivity index (χ3v) is 2.94. The summed E-state index contributed by atoms with van der Waals surface area (Å²) in [6.45, 7) is 1.88. The van der Waals surface area contributed by atoms with E-state index in [0.29, 0.717) is 16.8 Å². The van der Waals surface area contributed by atoms with Gasteiger partial charge >= 0.3 is 0 Å². The van der Waals surface area contributed by atoms with Gasteiger partial charge in [-0.3, -0.25) is 4.79 Å². The van der Waals surface area contributed by atoms with Crippen LogP contribution in [0.3, 0.4) is 0 Å². The highest BCUT2D eigenvalue weighted by molar-refractivity contribution is 6.04. The number of anilines is 1. The molecule has 20 heavy (non-hydrogen) atoms. The number of aryl methyl sites for hydroxylation is 1. The van der Waals surface area contributed by atoms with Gasteiger partial charge in [-0.1, -0.05) is 12.1 Å². The highest BCUT2D eigenvalue weighted by Crippen LogP contribution is 2.15. The number of rotatable bonds is 3. The van der Waals surface area contributed by atoms with E-state index in [1.165, 1.54) is 6.21 Å². The molecule has 4 heteroatoms. The van der Waals surface area contributed by atoms with Crippen LogP contribution >= 0.6 is 0 Å². The number of carbonyl (C=O) groups is 1. The van der Waals surface area contributed by atoms with Gasteiger partial charge in [0.1, 0.15) is 0 Å². The second-order valence-electron chi connectivity index (χ2n) is 4.36. The van der Waals surface area contributed by atoms with Crippen molar-refractivity contribution in [1.82, 2.24) is 0 Å². The third kappa shape index (κ3) is 2.90. The summed E-state index contributed by atoms with van der Waals surface area (Å²) in [4.78, 5) is 12.1. The summed E-state index contributed by atoms with van der Waals surface area (Å²) in [5.41, 5.74) is 3.30. The predicted molar refractivity (Wildman–Crippen MR) is 78.2 cm³/mol. The number of hydrogen-bond donors (Lipinski definition) is 2. The Hall–Kier alpha value is -2.93. The molecule has 0 bridgehead atoms. The zero-order valence-corrected chi connectivity index (χ0v) is 11.0. The average Bonchev–Trinajstić information content (AvgIpc) is 2.47. The Labute approximate surface area is 117 Å². The number of nitriles is 1. The summed E-state index contributed by atoms with van der Waals surface area (Å²) in [7, 11) is 0. The van der Waals surface area contributed by atoms with Crippen LogP contribution in [0.5, 0.6) is 0 Å². The minimum atomic E-state index is -0.260. The number of carbonyl (C=O) groups excluding carboxylic acids is 1. The van der Waals surface area contributed by atoms with Crippen molar-refractivity contribution >= 4 is 17.8 Å². The standard InChI is InChI=1S/C16H13N3O/c1-11-7-15(6-5-14(11)10-18)19-16(20)13-4-2-3-12(8-13)9-17/h2-8,10,18H,1H3,(H,19,20). The molecule has 1 amide bonds. The van der Waals surface area contributed by atoms with Crippen LogP contribution in [0.2, 0.25) is 0 Å². The lowest BCUT2D eigenvalue weighted by Gasteiger charge is -2.07. The Kier molecular flexibility index (Phi) is 3.92. The molecule has 0 aromatic heterocycles. The van der Waals surface area contributed by atoms with Gasteiger partial charge < -0.3 is 10.7 Å². The van der Waals surface area contributed by atoms with Crippen molar-refractivity contribution in [3.63, 3.8) is 0 Å². The predicted octanol–water partition coefficient (Wildman–Crippen LogP) is 3.12. The van der Waals surface area contributed by atoms with Gasteiger partial charge in [-0.2, -0.15) is 5.26 Å². The molecule has 2 aromatic carbocycles. The van der Waals surface area contributed by atoms with Gasteiger partial charge in [0.05, 0.1) is 11.6 Å². The molecule has 0 heterocycles. The molecule has 2 aromatic rings. The molecule has 4 nitrogen and oxygen atoms in total. The number of hydrogen-bond acceptors (Lipinski definition) is 3. The zero-order chi connectivity index (χ0) is 14.5. The monoisotopic (exact) mass is 263 g/mol. The van der Waals surface area contributed by atoms with Gasteiger partial charge in [-0.25, -0.2) is 0 Å². The summed E-state index contributed by atoms with van der Waals surface area (Å²) in [5, 5.41) is 18.8. The summed E-state index contributed by atoms with van der Waals surface area (Å²) in [5.74, 6) is -0.260. The molecule has 98 valence electrons. The maximum Gasteiger partial charge on any atom is 0.255 e. The van der Waals surface area contributed by atoms with Crippen LogP contribution < -0.4 is 5.32 Å². The molecular weight excluding hydrogens is 250 g/mol. The number of benzene rings is 2. The van der Waals surface area contributed by atoms with Gasteiger partial charge in [0.25, 0.3) is 5.91 Å². The van der Waals surface area contributed by atoms with E-state index in [4.69, 9.17) is 10.7 Å². The van der Waals surface area contributed by atoms with Crippen LogP contribution in [-0.4, -0.2) is 12.1 Å². The molecule has 0 atom stereocenters. The molecule has 0 unspecified atom stereocenters. The topological polar surface area (TPSA) is 76.7 Å². The van der Waals surface area contributed by atoms with E-state index in [0.717, 1.165) is 11.1 Å². The average molecular weight is 263 g/mol. The highest BCUT2D eigenvalue weighted by atomic mass is 16.1. The first kappa shape index (κ1) is 13.5. The van der Waals surface area contributed by atoms with E-state index in [2.05, 4.69) is 5.32 Å². The molecule has 0 radical (unpaired) electrons. The normalized spacial score (nSPS) is 9.60. The van der Waals surface area contributed by atoms with E-state index in [9.17, 15) is 4.79 Å². The van der Waals surface area contributed by atoms with Gasteiger partial charge in [0.2, 0.25) is 0 Å². The van der Waals surface area contributed by atoms with Crippen molar-refractivity contribution in [2.45, 2.75) is 6.92 Å². The Morgan fingerprint density at radius 3 is 2.75 bits per heavy atom. The Bertz CT molecular complexity index is 714. The van der Waals surface area contributed by atoms with Crippen molar-refractivity contribution in [2.24, 2.45) is 0 Å². The Balaban J connectivity index is 2.21. The minimum Gasteiger partial charge on any atom is -0.322 e. The Morgan fingerprint density at radius 2 is 2.10 bits per heavy atom. The lowest BCUT2D eigenvalue weighted by Crippen LogP contribution is -2.12. The van der Waals surface area contributed by atoms with Crippen LogP contribution in [-0.2, 0) is 0 Å². The fourth-order valence-electron chi connectivity index (χ4n) is 1.85. The molecule has 0 saturated heterocycles. The second-order valence-corrected chi connectivity index (χ2v) is 4.36. The molecule has 0 aliphatic carbocycles. The lowest BCUT2D eigenvalue weighted by molar-refractivity contribution is 0.102. The molecule has 0 aliphatic heterocycles. The molecule has 0 fully saturated rings. The first-order valence-corrected chi connectivity index (χ1v) is 6.06. The maximum absolute atomic E-state index is 12.1. The number of amides is 1. The van der Waals surface area contributed by atoms with Gasteiger partial charge in [0, 0.05) is 17.5 Å². The zero-order valence-electron chi connectivity index (χ0n) is 11.0. The van der Waals surface area contributed by atoms with Crippen LogP contribution in [0.1, 0.15) is 27.0 Å². The lowest BCUT2D eigenvalue weighted by atomic mass is 10.1. The number of nitrogens with one attached hydrogen (secondary N) is 2. The van der Waals surface area contributed by atoms with Crippen molar-refractivity contribution in [3.05, 3.63) is 64.7 Å². The molecule has 0 saturated carbocycles. The van der Waals surface area contributed by atoms with Crippen LogP contribution in [0, 0.1) is 23.7 Å². The maximum atomic E-state index is 12.1. The number of nitrogens with zero attached hydrogens (tertiary/aromatic N) is 1. The summed E-state index contributed by atoms with van der Waals surface area (Å²) in [6, 6.07) is 13.9. The molecule has 2 rings (SSSR count). The fourth-order valence-corrected chi connectivity index (χ4v) is 1.85. The van der Waals surface area contributed by atoms with Crippen molar-refractivity contribution in [1.29, 1.82) is 10.7 Å². The molecule has 0 aliphatic rings.